The molecule has 0 aromatic heterocycles. The Morgan fingerprint density at radius 2 is 2.11 bits per heavy atom. The number of rotatable bonds is 6. The van der Waals surface area contributed by atoms with Crippen molar-refractivity contribution in [2.75, 3.05) is 19.7 Å². The molecule has 6 nitrogen and oxygen atoms in total. The molecule has 6 heteroatoms. The number of amidine groups is 2. The van der Waals surface area contributed by atoms with Crippen molar-refractivity contribution in [1.82, 2.24) is 4.90 Å². The largest absolute Gasteiger partial charge is 0.403 e. The van der Waals surface area contributed by atoms with Crippen LogP contribution >= 0.6 is 0 Å². The van der Waals surface area contributed by atoms with Gasteiger partial charge in [-0.05, 0) is 19.0 Å². The highest BCUT2D eigenvalue weighted by atomic mass is 16.3. The zero-order chi connectivity index (χ0) is 14.8. The van der Waals surface area contributed by atoms with Crippen LogP contribution in [0.3, 0.4) is 0 Å². The number of nitrogens with two attached hydrogens (primary N) is 2. The van der Waals surface area contributed by atoms with E-state index in [9.17, 15) is 0 Å². The Morgan fingerprint density at radius 1 is 1.47 bits per heavy atom. The molecule has 0 saturated heterocycles. The third kappa shape index (κ3) is 6.61. The summed E-state index contributed by atoms with van der Waals surface area (Å²) in [6.07, 6.45) is 2.96. The number of hydrogen-bond donors (Lipinski definition) is 3. The van der Waals surface area contributed by atoms with Gasteiger partial charge in [0, 0.05) is 12.7 Å². The maximum atomic E-state index is 8.74. The fourth-order valence-corrected chi connectivity index (χ4v) is 1.41. The summed E-state index contributed by atoms with van der Waals surface area (Å²) in [7, 11) is 0. The molecule has 0 aliphatic carbocycles. The van der Waals surface area contributed by atoms with E-state index in [1.165, 1.54) is 6.20 Å². The Morgan fingerprint density at radius 3 is 2.53 bits per heavy atom. The van der Waals surface area contributed by atoms with E-state index in [0.29, 0.717) is 29.8 Å². The molecule has 0 rings (SSSR count). The van der Waals surface area contributed by atoms with E-state index in [4.69, 9.17) is 16.6 Å². The Balaban J connectivity index is 5.30. The third-order valence-electron chi connectivity index (χ3n) is 2.20. The van der Waals surface area contributed by atoms with Crippen molar-refractivity contribution < 1.29 is 5.11 Å². The van der Waals surface area contributed by atoms with Crippen molar-refractivity contribution in [2.45, 2.75) is 20.8 Å². The highest BCUT2D eigenvalue weighted by Gasteiger charge is 2.13. The average Bonchev–Trinajstić information content (AvgIpc) is 2.38. The second kappa shape index (κ2) is 9.16. The van der Waals surface area contributed by atoms with Gasteiger partial charge in [0.15, 0.2) is 5.84 Å². The number of aliphatic hydroxyl groups is 1. The van der Waals surface area contributed by atoms with Gasteiger partial charge >= 0.3 is 0 Å². The van der Waals surface area contributed by atoms with Crippen molar-refractivity contribution in [2.24, 2.45) is 27.4 Å². The van der Waals surface area contributed by atoms with Gasteiger partial charge in [0.25, 0.3) is 0 Å². The van der Waals surface area contributed by atoms with Crippen molar-refractivity contribution in [3.63, 3.8) is 0 Å². The Bertz CT molecular complexity index is 371. The summed E-state index contributed by atoms with van der Waals surface area (Å²) in [5, 5.41) is 8.74. The number of aliphatic imine (C=N–C) groups is 2. The lowest BCUT2D eigenvalue weighted by atomic mass is 10.2. The van der Waals surface area contributed by atoms with Crippen LogP contribution in [0.1, 0.15) is 20.8 Å². The maximum Gasteiger partial charge on any atom is 0.159 e. The lowest BCUT2D eigenvalue weighted by Gasteiger charge is -2.24. The van der Waals surface area contributed by atoms with Gasteiger partial charge in [0.05, 0.1) is 18.8 Å². The smallest absolute Gasteiger partial charge is 0.159 e. The summed E-state index contributed by atoms with van der Waals surface area (Å²) in [6.45, 7) is 10.7. The molecule has 0 heterocycles. The minimum Gasteiger partial charge on any atom is -0.403 e. The van der Waals surface area contributed by atoms with Crippen molar-refractivity contribution >= 4 is 11.7 Å². The molecule has 0 aromatic carbocycles. The molecule has 0 aliphatic rings. The summed E-state index contributed by atoms with van der Waals surface area (Å²) in [5.74, 6) is 1.47. The summed E-state index contributed by atoms with van der Waals surface area (Å²) < 4.78 is 0. The molecule has 0 radical (unpaired) electrons. The van der Waals surface area contributed by atoms with Gasteiger partial charge in [-0.2, -0.15) is 0 Å². The van der Waals surface area contributed by atoms with Crippen molar-refractivity contribution in [1.29, 1.82) is 0 Å². The zero-order valence-electron chi connectivity index (χ0n) is 12.0. The van der Waals surface area contributed by atoms with E-state index in [2.05, 4.69) is 30.4 Å². The molecule has 19 heavy (non-hydrogen) atoms. The molecule has 108 valence electrons. The quantitative estimate of drug-likeness (QED) is 0.486. The van der Waals surface area contributed by atoms with Gasteiger partial charge in [0.1, 0.15) is 5.84 Å². The lowest BCUT2D eigenvalue weighted by Crippen LogP contribution is -2.34. The SMILES string of the molecule is C=CN(CC(C)C)C(=NC(C)=NCCO)C(N)=CN. The van der Waals surface area contributed by atoms with Crippen LogP contribution < -0.4 is 11.5 Å². The Kier molecular flexibility index (Phi) is 8.28. The number of hydrogen-bond acceptors (Lipinski definition) is 4. The van der Waals surface area contributed by atoms with E-state index >= 15 is 0 Å². The van der Waals surface area contributed by atoms with Gasteiger partial charge in [0.2, 0.25) is 0 Å². The van der Waals surface area contributed by atoms with Crippen LogP contribution in [0.4, 0.5) is 0 Å². The lowest BCUT2D eigenvalue weighted by molar-refractivity contribution is 0.307. The molecule has 0 unspecified atom stereocenters. The van der Waals surface area contributed by atoms with Gasteiger partial charge < -0.3 is 21.5 Å². The average molecular weight is 267 g/mol. The monoisotopic (exact) mass is 267 g/mol. The molecule has 0 aliphatic heterocycles. The van der Waals surface area contributed by atoms with Crippen LogP contribution in [0.15, 0.2) is 34.7 Å². The highest BCUT2D eigenvalue weighted by molar-refractivity contribution is 6.05. The molecule has 0 saturated carbocycles. The van der Waals surface area contributed by atoms with E-state index in [-0.39, 0.29) is 6.61 Å². The van der Waals surface area contributed by atoms with E-state index in [1.54, 1.807) is 13.1 Å². The molecule has 0 bridgehead atoms. The maximum absolute atomic E-state index is 8.74. The van der Waals surface area contributed by atoms with Crippen LogP contribution in [0, 0.1) is 5.92 Å². The normalized spacial score (nSPS) is 13.8. The third-order valence-corrected chi connectivity index (χ3v) is 2.20. The summed E-state index contributed by atoms with van der Waals surface area (Å²) >= 11 is 0. The standard InChI is InChI=1S/C13H25N5O/c1-5-18(9-10(2)3)13(12(15)8-14)17-11(4)16-6-7-19/h5,8,10,19H,1,6-7,9,14-15H2,2-4H3. The van der Waals surface area contributed by atoms with Gasteiger partial charge in [-0.1, -0.05) is 20.4 Å². The van der Waals surface area contributed by atoms with Crippen LogP contribution in [0.25, 0.3) is 0 Å². The summed E-state index contributed by atoms with van der Waals surface area (Å²) in [6, 6.07) is 0. The fraction of sp³-hybridized carbons (Fsp3) is 0.538. The summed E-state index contributed by atoms with van der Waals surface area (Å²) in [4.78, 5) is 10.3. The minimum absolute atomic E-state index is 0.0123. The highest BCUT2D eigenvalue weighted by Crippen LogP contribution is 2.05. The first kappa shape index (κ1) is 17.2. The number of aliphatic hydroxyl groups excluding tert-OH is 1. The van der Waals surface area contributed by atoms with Crippen molar-refractivity contribution in [3.8, 4) is 0 Å². The molecular weight excluding hydrogens is 242 g/mol. The predicted octanol–water partition coefficient (Wildman–Crippen LogP) is 0.656. The van der Waals surface area contributed by atoms with Gasteiger partial charge in [-0.25, -0.2) is 4.99 Å². The molecule has 5 N–H and O–H groups in total. The first-order valence-electron chi connectivity index (χ1n) is 6.23. The molecule has 0 atom stereocenters. The fourth-order valence-electron chi connectivity index (χ4n) is 1.41. The van der Waals surface area contributed by atoms with Crippen LogP contribution in [-0.4, -0.2) is 41.4 Å². The minimum atomic E-state index is -0.0123. The molecule has 0 fully saturated rings. The predicted molar refractivity (Wildman–Crippen MR) is 80.7 cm³/mol. The van der Waals surface area contributed by atoms with Crippen LogP contribution in [0.2, 0.25) is 0 Å². The van der Waals surface area contributed by atoms with Gasteiger partial charge in [-0.15, -0.1) is 0 Å². The molecule has 0 spiro atoms. The first-order chi connectivity index (χ1) is 8.96. The van der Waals surface area contributed by atoms with E-state index in [1.807, 2.05) is 4.90 Å². The Labute approximate surface area is 115 Å². The van der Waals surface area contributed by atoms with Crippen molar-refractivity contribution in [3.05, 3.63) is 24.7 Å². The topological polar surface area (TPSA) is 100 Å². The van der Waals surface area contributed by atoms with Gasteiger partial charge in [-0.3, -0.25) is 4.99 Å². The molecular formula is C13H25N5O. The first-order valence-corrected chi connectivity index (χ1v) is 6.23. The zero-order valence-corrected chi connectivity index (χ0v) is 12.0. The van der Waals surface area contributed by atoms with E-state index in [0.717, 1.165) is 6.54 Å². The second-order valence-electron chi connectivity index (χ2n) is 4.44. The number of nitrogens with zero attached hydrogens (tertiary/aromatic N) is 3. The Hall–Kier alpha value is -1.82. The molecule has 0 amide bonds. The van der Waals surface area contributed by atoms with E-state index < -0.39 is 0 Å². The van der Waals surface area contributed by atoms with Crippen LogP contribution in [-0.2, 0) is 0 Å². The summed E-state index contributed by atoms with van der Waals surface area (Å²) in [5.41, 5.74) is 11.7. The second-order valence-corrected chi connectivity index (χ2v) is 4.44. The molecule has 0 aromatic rings. The van der Waals surface area contributed by atoms with Crippen LogP contribution in [0.5, 0.6) is 0 Å².